The second kappa shape index (κ2) is 11.5. The molecule has 3 N–H and O–H groups in total. The predicted octanol–water partition coefficient (Wildman–Crippen LogP) is 4.92. The molecule has 2 aromatic carbocycles. The molecule has 0 amide bonds. The first kappa shape index (κ1) is 28.7. The summed E-state index contributed by atoms with van der Waals surface area (Å²) in [7, 11) is -2.36. The number of hydrogen-bond acceptors (Lipinski definition) is 6. The fourth-order valence-corrected chi connectivity index (χ4v) is 8.03. The van der Waals surface area contributed by atoms with Gasteiger partial charge >= 0.3 is 5.97 Å². The van der Waals surface area contributed by atoms with Crippen LogP contribution in [0.1, 0.15) is 41.8 Å². The molecular weight excluding hydrogens is 544 g/mol. The molecule has 0 bridgehead atoms. The number of nitrogens with zero attached hydrogens (tertiary/aromatic N) is 1. The van der Waals surface area contributed by atoms with Crippen molar-refractivity contribution < 1.29 is 23.4 Å². The van der Waals surface area contributed by atoms with Gasteiger partial charge < -0.3 is 15.5 Å². The zero-order valence-corrected chi connectivity index (χ0v) is 24.0. The molecule has 1 atom stereocenters. The number of halogens is 1. The molecule has 1 aliphatic carbocycles. The van der Waals surface area contributed by atoms with Crippen LogP contribution in [0.2, 0.25) is 5.02 Å². The Balaban J connectivity index is 1.32. The second-order valence-corrected chi connectivity index (χ2v) is 14.3. The fraction of sp³-hybridized carbons (Fsp3) is 0.393. The molecule has 38 heavy (non-hydrogen) atoms. The van der Waals surface area contributed by atoms with Gasteiger partial charge in [0, 0.05) is 30.6 Å². The Kier molecular flexibility index (Phi) is 8.66. The number of aliphatic hydroxyl groups is 1. The number of benzene rings is 2. The zero-order valence-electron chi connectivity index (χ0n) is 21.6. The van der Waals surface area contributed by atoms with Gasteiger partial charge in [-0.3, -0.25) is 0 Å². The summed E-state index contributed by atoms with van der Waals surface area (Å²) in [5.41, 5.74) is 3.24. The van der Waals surface area contributed by atoms with Crippen LogP contribution in [-0.2, 0) is 22.9 Å². The van der Waals surface area contributed by atoms with Crippen molar-refractivity contribution in [1.82, 2.24) is 9.62 Å². The number of hydrogen-bond donors (Lipinski definition) is 3. The van der Waals surface area contributed by atoms with Crippen LogP contribution in [0.25, 0.3) is 10.4 Å². The topological polar surface area (TPSA) is 107 Å². The smallest absolute Gasteiger partial charge is 0.337 e. The molecule has 0 unspecified atom stereocenters. The Morgan fingerprint density at radius 1 is 1.16 bits per heavy atom. The third kappa shape index (κ3) is 6.65. The van der Waals surface area contributed by atoms with E-state index in [1.165, 1.54) is 36.4 Å². The fourth-order valence-electron chi connectivity index (χ4n) is 5.05. The van der Waals surface area contributed by atoms with E-state index in [0.29, 0.717) is 16.4 Å². The van der Waals surface area contributed by atoms with Crippen molar-refractivity contribution in [2.45, 2.75) is 49.0 Å². The van der Waals surface area contributed by atoms with Gasteiger partial charge in [-0.25, -0.2) is 13.2 Å². The average molecular weight is 577 g/mol. The summed E-state index contributed by atoms with van der Waals surface area (Å²) in [5.74, 6) is -0.587. The third-order valence-electron chi connectivity index (χ3n) is 6.95. The Morgan fingerprint density at radius 2 is 1.82 bits per heavy atom. The summed E-state index contributed by atoms with van der Waals surface area (Å²) in [6.07, 6.45) is 2.20. The normalized spacial score (nSPS) is 15.1. The number of aliphatic hydroxyl groups excluding tert-OH is 1. The molecule has 1 aromatic heterocycles. The number of sulfonamides is 1. The highest BCUT2D eigenvalue weighted by molar-refractivity contribution is 7.91. The minimum atomic E-state index is -3.82. The van der Waals surface area contributed by atoms with Crippen molar-refractivity contribution in [3.63, 3.8) is 0 Å². The molecule has 10 heteroatoms. The van der Waals surface area contributed by atoms with E-state index in [2.05, 4.69) is 43.4 Å². The summed E-state index contributed by atoms with van der Waals surface area (Å²) < 4.78 is 27.6. The first-order valence-corrected chi connectivity index (χ1v) is 15.1. The quantitative estimate of drug-likeness (QED) is 0.299. The van der Waals surface area contributed by atoms with E-state index in [0.717, 1.165) is 34.9 Å². The van der Waals surface area contributed by atoms with E-state index in [4.69, 9.17) is 16.7 Å². The molecule has 0 aliphatic heterocycles. The number of rotatable bonds is 11. The van der Waals surface area contributed by atoms with Crippen molar-refractivity contribution in [2.24, 2.45) is 5.92 Å². The monoisotopic (exact) mass is 576 g/mol. The summed E-state index contributed by atoms with van der Waals surface area (Å²) in [4.78, 5) is 11.8. The Morgan fingerprint density at radius 3 is 2.42 bits per heavy atom. The Bertz CT molecular complexity index is 1400. The van der Waals surface area contributed by atoms with Gasteiger partial charge in [0.05, 0.1) is 16.7 Å². The maximum absolute atomic E-state index is 13.2. The van der Waals surface area contributed by atoms with Gasteiger partial charge in [-0.05, 0) is 80.0 Å². The lowest BCUT2D eigenvalue weighted by Gasteiger charge is -2.31. The van der Waals surface area contributed by atoms with E-state index in [-0.39, 0.29) is 33.4 Å². The van der Waals surface area contributed by atoms with Gasteiger partial charge in [0.25, 0.3) is 10.0 Å². The first-order valence-electron chi connectivity index (χ1n) is 12.4. The van der Waals surface area contributed by atoms with Crippen molar-refractivity contribution in [1.29, 1.82) is 0 Å². The lowest BCUT2D eigenvalue weighted by Crippen LogP contribution is -2.47. The average Bonchev–Trinajstić information content (AvgIpc) is 3.49. The highest BCUT2D eigenvalue weighted by atomic mass is 35.5. The van der Waals surface area contributed by atoms with Crippen LogP contribution in [0, 0.1) is 5.92 Å². The number of likely N-dealkylation sites (N-methyl/N-ethyl adjacent to an activating group) is 1. The number of thiophene rings is 1. The number of carboxylic acid groups (broad SMARTS) is 1. The summed E-state index contributed by atoms with van der Waals surface area (Å²) in [6.45, 7) is 4.46. The van der Waals surface area contributed by atoms with Gasteiger partial charge in [-0.15, -0.1) is 11.3 Å². The molecule has 3 aromatic rings. The number of nitrogens with one attached hydrogen (secondary N) is 1. The second-order valence-electron chi connectivity index (χ2n) is 10.6. The van der Waals surface area contributed by atoms with Crippen molar-refractivity contribution in [3.05, 3.63) is 76.3 Å². The van der Waals surface area contributed by atoms with E-state index in [1.807, 2.05) is 0 Å². The number of aromatic carboxylic acids is 1. The number of fused-ring (bicyclic) bond motifs is 1. The molecule has 4 rings (SSSR count). The van der Waals surface area contributed by atoms with Crippen LogP contribution in [-0.4, -0.2) is 60.7 Å². The van der Waals surface area contributed by atoms with Crippen LogP contribution in [0.4, 0.5) is 0 Å². The highest BCUT2D eigenvalue weighted by Gasteiger charge is 2.30. The zero-order chi connectivity index (χ0) is 27.7. The van der Waals surface area contributed by atoms with Crippen LogP contribution >= 0.6 is 22.9 Å². The summed E-state index contributed by atoms with van der Waals surface area (Å²) >= 11 is 7.14. The van der Waals surface area contributed by atoms with Crippen molar-refractivity contribution in [2.75, 3.05) is 20.1 Å². The van der Waals surface area contributed by atoms with Gasteiger partial charge in [-0.2, -0.15) is 4.31 Å². The van der Waals surface area contributed by atoms with E-state index >= 15 is 0 Å². The van der Waals surface area contributed by atoms with Crippen LogP contribution in [0.5, 0.6) is 0 Å². The van der Waals surface area contributed by atoms with Gasteiger partial charge in [0.15, 0.2) is 0 Å². The molecule has 1 heterocycles. The van der Waals surface area contributed by atoms with Crippen LogP contribution in [0.15, 0.2) is 58.8 Å². The van der Waals surface area contributed by atoms with Gasteiger partial charge in [0.2, 0.25) is 0 Å². The molecule has 0 saturated heterocycles. The van der Waals surface area contributed by atoms with E-state index in [1.54, 1.807) is 12.1 Å². The third-order valence-corrected chi connectivity index (χ3v) is 10.7. The summed E-state index contributed by atoms with van der Waals surface area (Å²) in [5, 5.41) is 23.3. The van der Waals surface area contributed by atoms with Crippen molar-refractivity contribution >= 4 is 38.9 Å². The lowest BCUT2D eigenvalue weighted by molar-refractivity contribution is 0.0697. The Hall–Kier alpha value is -2.27. The molecule has 0 saturated carbocycles. The van der Waals surface area contributed by atoms with Crippen LogP contribution < -0.4 is 5.32 Å². The molecular formula is C28H33ClN2O5S2. The van der Waals surface area contributed by atoms with Gasteiger partial charge in [0.1, 0.15) is 4.21 Å². The van der Waals surface area contributed by atoms with Crippen molar-refractivity contribution in [3.8, 4) is 10.4 Å². The standard InChI is InChI=1S/C28H33ClN2O5S2/c1-28(2,15-18-12-19-6-4-5-7-20(19)13-18)30-16-22(32)17-31(3)38(35,36)26-11-10-25(37-26)21-8-9-23(27(33)34)24(29)14-21/h4-11,14,18,22,30,32H,12-13,15-17H2,1-3H3,(H,33,34)/t22-/m1/s1. The summed E-state index contributed by atoms with van der Waals surface area (Å²) in [6, 6.07) is 16.2. The van der Waals surface area contributed by atoms with E-state index in [9.17, 15) is 18.3 Å². The van der Waals surface area contributed by atoms with Gasteiger partial charge in [-0.1, -0.05) is 41.9 Å². The minimum absolute atomic E-state index is 0.0151. The molecule has 0 fully saturated rings. The first-order chi connectivity index (χ1) is 17.9. The van der Waals surface area contributed by atoms with Crippen LogP contribution in [0.3, 0.4) is 0 Å². The Labute approximate surface area is 233 Å². The number of carboxylic acids is 1. The maximum Gasteiger partial charge on any atom is 0.337 e. The predicted molar refractivity (Wildman–Crippen MR) is 152 cm³/mol. The largest absolute Gasteiger partial charge is 0.478 e. The molecule has 1 aliphatic rings. The molecule has 7 nitrogen and oxygen atoms in total. The molecule has 0 spiro atoms. The maximum atomic E-state index is 13.2. The van der Waals surface area contributed by atoms with E-state index < -0.39 is 22.1 Å². The number of carbonyl (C=O) groups is 1. The molecule has 0 radical (unpaired) electrons. The highest BCUT2D eigenvalue weighted by Crippen LogP contribution is 2.34. The minimum Gasteiger partial charge on any atom is -0.478 e. The SMILES string of the molecule is CN(C[C@H](O)CNC(C)(C)CC1Cc2ccccc2C1)S(=O)(=O)c1ccc(-c2ccc(C(=O)O)c(Cl)c2)s1. The molecule has 204 valence electrons. The number of β-amino-alcohol motifs (C(OH)–C–C–N with tert-alkyl or cyclic N) is 1. The lowest BCUT2D eigenvalue weighted by atomic mass is 9.88.